The smallest absolute Gasteiger partial charge is 0.255 e. The normalized spacial score (nSPS) is 13.3. The molecule has 0 heterocycles. The molecule has 0 saturated heterocycles. The Kier molecular flexibility index (Phi) is 5.32. The van der Waals surface area contributed by atoms with E-state index in [-0.39, 0.29) is 0 Å². The van der Waals surface area contributed by atoms with Crippen LogP contribution in [0.25, 0.3) is 0 Å². The second-order valence-corrected chi connectivity index (χ2v) is 10.1. The summed E-state index contributed by atoms with van der Waals surface area (Å²) in [7, 11) is -8.79. The van der Waals surface area contributed by atoms with E-state index < -0.39 is 25.9 Å². The quantitative estimate of drug-likeness (QED) is 0.300. The average Bonchev–Trinajstić information content (AvgIpc) is 2.67. The largest absolute Gasteiger partial charge is 0.572 e. The van der Waals surface area contributed by atoms with Gasteiger partial charge < -0.3 is 0 Å². The first-order valence-corrected chi connectivity index (χ1v) is 10.8. The predicted molar refractivity (Wildman–Crippen MR) is 99.3 cm³/mol. The van der Waals surface area contributed by atoms with Crippen LogP contribution in [0.2, 0.25) is 0 Å². The molecule has 3 aromatic rings. The number of benzene rings is 3. The summed E-state index contributed by atoms with van der Waals surface area (Å²) < 4.78 is 67.5. The number of alkyl halides is 3. The molecule has 0 aliphatic rings. The van der Waals surface area contributed by atoms with Crippen molar-refractivity contribution >= 4 is 20.4 Å². The van der Waals surface area contributed by atoms with Crippen LogP contribution >= 0.6 is 10.3 Å². The molecule has 3 aromatic carbocycles. The molecule has 0 unspecified atom stereocenters. The van der Waals surface area contributed by atoms with E-state index in [4.69, 9.17) is 0 Å². The van der Waals surface area contributed by atoms with Gasteiger partial charge in [-0.2, -0.15) is 13.2 Å². The summed E-state index contributed by atoms with van der Waals surface area (Å²) in [4.78, 5) is 1.20. The summed E-state index contributed by atoms with van der Waals surface area (Å²) in [5, 5.41) is 0. The van der Waals surface area contributed by atoms with Gasteiger partial charge in [0, 0.05) is 0 Å². The fraction of sp³-hybridized carbons (Fsp3) is 0.0526. The minimum atomic E-state index is -5.74. The number of hydrogen-bond donors (Lipinski definition) is 0. The van der Waals surface area contributed by atoms with Gasteiger partial charge in [0.25, 0.3) is 0 Å². The lowest BCUT2D eigenvalue weighted by Gasteiger charge is -2.34. The Labute approximate surface area is 157 Å². The minimum absolute atomic E-state index is 0.398. The zero-order valence-electron chi connectivity index (χ0n) is 13.9. The first-order valence-electron chi connectivity index (χ1n) is 7.81. The fourth-order valence-corrected chi connectivity index (χ4v) is 7.60. The molecular weight excluding hydrogens is 397 g/mol. The van der Waals surface area contributed by atoms with Crippen molar-refractivity contribution in [3.05, 3.63) is 91.0 Å². The molecular formula is C19H16F3O3S2+. The second-order valence-electron chi connectivity index (χ2n) is 5.51. The van der Waals surface area contributed by atoms with Gasteiger partial charge in [0.05, 0.1) is 25.0 Å². The van der Waals surface area contributed by atoms with E-state index in [0.29, 0.717) is 14.7 Å². The highest BCUT2D eigenvalue weighted by molar-refractivity contribution is 8.32. The summed E-state index contributed by atoms with van der Waals surface area (Å²) in [6.45, 7) is 0. The Morgan fingerprint density at radius 1 is 0.593 bits per heavy atom. The van der Waals surface area contributed by atoms with Gasteiger partial charge in [0.2, 0.25) is 0 Å². The van der Waals surface area contributed by atoms with Gasteiger partial charge in [-0.25, -0.2) is 0 Å². The Morgan fingerprint density at radius 2 is 0.889 bits per heavy atom. The van der Waals surface area contributed by atoms with Crippen molar-refractivity contribution in [2.45, 2.75) is 20.2 Å². The Morgan fingerprint density at radius 3 is 1.15 bits per heavy atom. The van der Waals surface area contributed by atoms with Crippen LogP contribution in [0.5, 0.6) is 0 Å². The minimum Gasteiger partial charge on any atom is -0.255 e. The van der Waals surface area contributed by atoms with Crippen LogP contribution in [-0.4, -0.2) is 17.6 Å². The summed E-state index contributed by atoms with van der Waals surface area (Å²) in [5.74, 6) is 0. The van der Waals surface area contributed by atoms with Crippen LogP contribution in [0, 0.1) is 0 Å². The molecule has 0 atom stereocenters. The molecule has 0 spiro atoms. The molecule has 0 fully saturated rings. The SMILES string of the molecule is O=S(=O)([OH+]S(c1ccccc1)(c1ccccc1)c1ccccc1)C(F)(F)F. The lowest BCUT2D eigenvalue weighted by Crippen LogP contribution is -2.30. The van der Waals surface area contributed by atoms with E-state index in [0.717, 1.165) is 0 Å². The van der Waals surface area contributed by atoms with Gasteiger partial charge in [-0.3, -0.25) is 3.63 Å². The predicted octanol–water partition coefficient (Wildman–Crippen LogP) is 5.83. The molecule has 0 radical (unpaired) electrons. The van der Waals surface area contributed by atoms with E-state index in [1.165, 1.54) is 0 Å². The summed E-state index contributed by atoms with van der Waals surface area (Å²) in [5.41, 5.74) is -5.48. The van der Waals surface area contributed by atoms with Crippen molar-refractivity contribution in [1.29, 1.82) is 0 Å². The highest BCUT2D eigenvalue weighted by atomic mass is 32.3. The summed E-state index contributed by atoms with van der Waals surface area (Å²) in [6.07, 6.45) is 0. The molecule has 0 amide bonds. The zero-order chi connectivity index (χ0) is 19.5. The third-order valence-electron chi connectivity index (χ3n) is 3.76. The molecule has 0 bridgehead atoms. The molecule has 0 saturated carbocycles. The van der Waals surface area contributed by atoms with Gasteiger partial charge in [0.15, 0.2) is 0 Å². The standard InChI is InChI=1S/C19H15F3O3S2/c20-19(21,22)27(23,24)25-26(16-10-4-1-5-11-16,17-12-6-2-7-13-17)18-14-8-3-9-15-18/h1-15H/p+1. The number of halogens is 3. The maximum atomic E-state index is 13.2. The van der Waals surface area contributed by atoms with E-state index in [2.05, 4.69) is 3.63 Å². The van der Waals surface area contributed by atoms with E-state index >= 15 is 0 Å². The Bertz CT molecular complexity index is 894. The number of rotatable bonds is 5. The maximum absolute atomic E-state index is 13.2. The second kappa shape index (κ2) is 7.38. The van der Waals surface area contributed by atoms with Crippen molar-refractivity contribution in [1.82, 2.24) is 0 Å². The molecule has 8 heteroatoms. The van der Waals surface area contributed by atoms with Gasteiger partial charge in [-0.1, -0.05) is 54.6 Å². The van der Waals surface area contributed by atoms with Gasteiger partial charge in [-0.15, -0.1) is 8.42 Å². The van der Waals surface area contributed by atoms with Crippen molar-refractivity contribution in [2.75, 3.05) is 0 Å². The molecule has 0 aliphatic heterocycles. The lowest BCUT2D eigenvalue weighted by atomic mass is 10.4. The molecule has 1 N–H and O–H groups in total. The zero-order valence-corrected chi connectivity index (χ0v) is 15.5. The fourth-order valence-electron chi connectivity index (χ4n) is 2.58. The average molecular weight is 413 g/mol. The van der Waals surface area contributed by atoms with Gasteiger partial charge in [0.1, 0.15) is 0 Å². The topological polar surface area (TPSA) is 46.9 Å². The van der Waals surface area contributed by atoms with Crippen LogP contribution in [0.4, 0.5) is 13.2 Å². The Hall–Kier alpha value is -2.29. The molecule has 3 nitrogen and oxygen atoms in total. The third kappa shape index (κ3) is 3.73. The van der Waals surface area contributed by atoms with Crippen molar-refractivity contribution < 1.29 is 25.2 Å². The van der Waals surface area contributed by atoms with Crippen molar-refractivity contribution in [2.24, 2.45) is 0 Å². The first-order chi connectivity index (χ1) is 12.8. The highest BCUT2D eigenvalue weighted by Gasteiger charge is 2.57. The van der Waals surface area contributed by atoms with E-state index in [9.17, 15) is 21.6 Å². The van der Waals surface area contributed by atoms with Crippen LogP contribution in [0.1, 0.15) is 0 Å². The highest BCUT2D eigenvalue weighted by Crippen LogP contribution is 2.68. The summed E-state index contributed by atoms with van der Waals surface area (Å²) in [6, 6.07) is 24.7. The molecule has 27 heavy (non-hydrogen) atoms. The lowest BCUT2D eigenvalue weighted by molar-refractivity contribution is -0.0540. The third-order valence-corrected chi connectivity index (χ3v) is 8.88. The molecule has 0 aliphatic carbocycles. The Balaban J connectivity index is 2.37. The van der Waals surface area contributed by atoms with Gasteiger partial charge in [-0.05, 0) is 36.4 Å². The molecule has 0 aromatic heterocycles. The number of hydrogen-bond acceptors (Lipinski definition) is 2. The van der Waals surface area contributed by atoms with Crippen LogP contribution < -0.4 is 0 Å². The van der Waals surface area contributed by atoms with Crippen molar-refractivity contribution in [3.8, 4) is 0 Å². The van der Waals surface area contributed by atoms with Crippen LogP contribution in [-0.2, 0) is 10.1 Å². The van der Waals surface area contributed by atoms with E-state index in [1.54, 1.807) is 91.0 Å². The maximum Gasteiger partial charge on any atom is 0.572 e. The molecule has 142 valence electrons. The monoisotopic (exact) mass is 413 g/mol. The van der Waals surface area contributed by atoms with Crippen LogP contribution in [0.3, 0.4) is 0 Å². The van der Waals surface area contributed by atoms with Crippen LogP contribution in [0.15, 0.2) is 106 Å². The first kappa shape index (κ1) is 19.5. The summed E-state index contributed by atoms with van der Waals surface area (Å²) >= 11 is 0. The molecule has 3 rings (SSSR count). The van der Waals surface area contributed by atoms with E-state index in [1.807, 2.05) is 0 Å². The van der Waals surface area contributed by atoms with Gasteiger partial charge >= 0.3 is 15.6 Å². The van der Waals surface area contributed by atoms with Crippen molar-refractivity contribution in [3.63, 3.8) is 0 Å².